The predicted molar refractivity (Wildman–Crippen MR) is 66.6 cm³/mol. The van der Waals surface area contributed by atoms with E-state index in [0.717, 1.165) is 0 Å². The Morgan fingerprint density at radius 3 is 2.60 bits per heavy atom. The van der Waals surface area contributed by atoms with E-state index < -0.39 is 43.1 Å². The van der Waals surface area contributed by atoms with Gasteiger partial charge in [-0.15, -0.1) is 0 Å². The zero-order chi connectivity index (χ0) is 14.9. The largest absolute Gasteiger partial charge is 0.433 e. The van der Waals surface area contributed by atoms with E-state index in [0.29, 0.717) is 6.42 Å². The molecule has 20 heavy (non-hydrogen) atoms. The van der Waals surface area contributed by atoms with Crippen LogP contribution in [0.5, 0.6) is 0 Å². The first-order valence-corrected chi connectivity index (χ1v) is 6.87. The lowest BCUT2D eigenvalue weighted by molar-refractivity contribution is -0.241. The second kappa shape index (κ2) is 5.95. The fraction of sp³-hybridized carbons (Fsp3) is 0.923. The number of carbonyl (C=O) groups is 1. The molecule has 0 aliphatic carbocycles. The molecular weight excluding hydrogens is 268 g/mol. The monoisotopic (exact) mass is 290 g/mol. The molecule has 116 valence electrons. The Morgan fingerprint density at radius 2 is 2.00 bits per heavy atom. The van der Waals surface area contributed by atoms with Crippen molar-refractivity contribution in [2.75, 3.05) is 6.61 Å². The van der Waals surface area contributed by atoms with Gasteiger partial charge in [-0.3, -0.25) is 4.79 Å². The quantitative estimate of drug-likeness (QED) is 0.684. The first-order chi connectivity index (χ1) is 9.38. The van der Waals surface area contributed by atoms with Gasteiger partial charge in [-0.2, -0.15) is 0 Å². The fourth-order valence-corrected chi connectivity index (χ4v) is 2.49. The molecule has 0 aromatic carbocycles. The molecule has 0 unspecified atom stereocenters. The topological polar surface area (TPSA) is 94.5 Å². The number of fused-ring (bicyclic) bond motifs is 1. The van der Waals surface area contributed by atoms with Gasteiger partial charge >= 0.3 is 5.97 Å². The van der Waals surface area contributed by atoms with Gasteiger partial charge in [-0.25, -0.2) is 0 Å². The number of esters is 1. The van der Waals surface area contributed by atoms with Crippen LogP contribution in [0.4, 0.5) is 0 Å². The van der Waals surface area contributed by atoms with E-state index in [-0.39, 0.29) is 12.4 Å². The van der Waals surface area contributed by atoms with Crippen LogP contribution in [-0.4, -0.2) is 59.3 Å². The van der Waals surface area contributed by atoms with Crippen LogP contribution >= 0.6 is 0 Å². The van der Waals surface area contributed by atoms with Crippen molar-refractivity contribution >= 4 is 5.97 Å². The maximum absolute atomic E-state index is 11.6. The summed E-state index contributed by atoms with van der Waals surface area (Å²) in [4.78, 5) is 11.6. The van der Waals surface area contributed by atoms with Crippen LogP contribution in [0.1, 0.15) is 33.6 Å². The first-order valence-electron chi connectivity index (χ1n) is 6.87. The average Bonchev–Trinajstić information content (AvgIpc) is 2.83. The highest BCUT2D eigenvalue weighted by Gasteiger charge is 2.58. The van der Waals surface area contributed by atoms with Gasteiger partial charge in [0.05, 0.1) is 6.61 Å². The Morgan fingerprint density at radius 1 is 1.35 bits per heavy atom. The van der Waals surface area contributed by atoms with Crippen molar-refractivity contribution < 1.29 is 34.0 Å². The molecular formula is C13H22O7. The Balaban J connectivity index is 2.08. The minimum atomic E-state index is -1.12. The first kappa shape index (κ1) is 15.7. The number of ether oxygens (including phenoxy) is 4. The summed E-state index contributed by atoms with van der Waals surface area (Å²) >= 11 is 0. The summed E-state index contributed by atoms with van der Waals surface area (Å²) in [6.07, 6.45) is -3.04. The van der Waals surface area contributed by atoms with Crippen LogP contribution in [0, 0.1) is 0 Å². The SMILES string of the molecule is CCCC(=O)O[C@H]1O[C@H]([C@H](O)CO)[C@@H]2OC(C)(C)O[C@H]12. The Kier molecular flexibility index (Phi) is 4.66. The smallest absolute Gasteiger partial charge is 0.308 e. The number of carbonyl (C=O) groups excluding carboxylic acids is 1. The van der Waals surface area contributed by atoms with Crippen molar-refractivity contribution in [3.05, 3.63) is 0 Å². The van der Waals surface area contributed by atoms with Crippen LogP contribution < -0.4 is 0 Å². The summed E-state index contributed by atoms with van der Waals surface area (Å²) in [5, 5.41) is 18.8. The number of hydrogen-bond donors (Lipinski definition) is 2. The third-order valence-corrected chi connectivity index (χ3v) is 3.31. The summed E-state index contributed by atoms with van der Waals surface area (Å²) in [7, 11) is 0. The van der Waals surface area contributed by atoms with E-state index in [2.05, 4.69) is 0 Å². The summed E-state index contributed by atoms with van der Waals surface area (Å²) in [6.45, 7) is 4.88. The predicted octanol–water partition coefficient (Wildman–Crippen LogP) is -0.0721. The van der Waals surface area contributed by atoms with Crippen LogP contribution in [-0.2, 0) is 23.7 Å². The molecule has 2 aliphatic rings. The molecule has 5 atom stereocenters. The highest BCUT2D eigenvalue weighted by Crippen LogP contribution is 2.40. The van der Waals surface area contributed by atoms with Crippen LogP contribution in [0.15, 0.2) is 0 Å². The lowest BCUT2D eigenvalue weighted by Gasteiger charge is -2.25. The van der Waals surface area contributed by atoms with E-state index >= 15 is 0 Å². The van der Waals surface area contributed by atoms with E-state index in [9.17, 15) is 9.90 Å². The molecule has 0 saturated carbocycles. The van der Waals surface area contributed by atoms with E-state index in [1.165, 1.54) is 0 Å². The molecule has 0 aromatic heterocycles. The second-order valence-electron chi connectivity index (χ2n) is 5.52. The van der Waals surface area contributed by atoms with Crippen LogP contribution in [0.3, 0.4) is 0 Å². The standard InChI is InChI=1S/C13H22O7/c1-4-5-8(16)17-12-11-10(19-13(2,3)20-11)9(18-12)7(15)6-14/h7,9-12,14-15H,4-6H2,1-3H3/t7-,9-,10+,11+,12+/m1/s1. The van der Waals surface area contributed by atoms with Gasteiger partial charge in [0, 0.05) is 6.42 Å². The Labute approximate surface area is 117 Å². The Hall–Kier alpha value is -0.730. The minimum Gasteiger partial charge on any atom is -0.433 e. The molecule has 2 N–H and O–H groups in total. The molecule has 0 amide bonds. The molecule has 2 rings (SSSR count). The molecule has 0 radical (unpaired) electrons. The van der Waals surface area contributed by atoms with Crippen LogP contribution in [0.25, 0.3) is 0 Å². The second-order valence-corrected chi connectivity index (χ2v) is 5.52. The van der Waals surface area contributed by atoms with E-state index in [1.54, 1.807) is 13.8 Å². The summed E-state index contributed by atoms with van der Waals surface area (Å²) in [5.41, 5.74) is 0. The van der Waals surface area contributed by atoms with Gasteiger partial charge in [-0.1, -0.05) is 6.92 Å². The summed E-state index contributed by atoms with van der Waals surface area (Å²) in [5.74, 6) is -1.23. The van der Waals surface area contributed by atoms with Crippen molar-refractivity contribution in [1.82, 2.24) is 0 Å². The van der Waals surface area contributed by atoms with Crippen molar-refractivity contribution in [2.24, 2.45) is 0 Å². The average molecular weight is 290 g/mol. The van der Waals surface area contributed by atoms with Crippen molar-refractivity contribution in [3.63, 3.8) is 0 Å². The zero-order valence-corrected chi connectivity index (χ0v) is 11.9. The maximum Gasteiger partial charge on any atom is 0.308 e. The van der Waals surface area contributed by atoms with Crippen molar-refractivity contribution in [3.8, 4) is 0 Å². The lowest BCUT2D eigenvalue weighted by atomic mass is 10.1. The normalized spacial score (nSPS) is 36.6. The Bertz CT molecular complexity index is 357. The maximum atomic E-state index is 11.6. The summed E-state index contributed by atoms with van der Waals surface area (Å²) in [6, 6.07) is 0. The molecule has 2 saturated heterocycles. The molecule has 0 aromatic rings. The molecule has 0 bridgehead atoms. The lowest BCUT2D eigenvalue weighted by Crippen LogP contribution is -2.40. The van der Waals surface area contributed by atoms with Gasteiger partial charge in [0.1, 0.15) is 18.3 Å². The zero-order valence-electron chi connectivity index (χ0n) is 11.9. The van der Waals surface area contributed by atoms with Gasteiger partial charge in [0.25, 0.3) is 0 Å². The van der Waals surface area contributed by atoms with Crippen LogP contribution in [0.2, 0.25) is 0 Å². The molecule has 2 aliphatic heterocycles. The van der Waals surface area contributed by atoms with Gasteiger partial charge in [0.2, 0.25) is 6.29 Å². The molecule has 7 heteroatoms. The van der Waals surface area contributed by atoms with Crippen molar-refractivity contribution in [2.45, 2.75) is 70.1 Å². The highest BCUT2D eigenvalue weighted by atomic mass is 16.8. The fourth-order valence-electron chi connectivity index (χ4n) is 2.49. The van der Waals surface area contributed by atoms with E-state index in [1.807, 2.05) is 6.92 Å². The molecule has 7 nitrogen and oxygen atoms in total. The number of rotatable bonds is 5. The number of hydrogen-bond acceptors (Lipinski definition) is 7. The highest BCUT2D eigenvalue weighted by molar-refractivity contribution is 5.69. The number of aliphatic hydroxyl groups excluding tert-OH is 2. The third kappa shape index (κ3) is 3.12. The van der Waals surface area contributed by atoms with Gasteiger partial charge in [0.15, 0.2) is 11.9 Å². The van der Waals surface area contributed by atoms with E-state index in [4.69, 9.17) is 24.1 Å². The van der Waals surface area contributed by atoms with Gasteiger partial charge < -0.3 is 29.2 Å². The minimum absolute atomic E-state index is 0.286. The molecule has 0 spiro atoms. The third-order valence-electron chi connectivity index (χ3n) is 3.31. The van der Waals surface area contributed by atoms with Gasteiger partial charge in [-0.05, 0) is 20.3 Å². The summed E-state index contributed by atoms with van der Waals surface area (Å²) < 4.78 is 22.1. The van der Waals surface area contributed by atoms with Crippen molar-refractivity contribution in [1.29, 1.82) is 0 Å². The number of aliphatic hydroxyl groups is 2. The molecule has 2 fully saturated rings. The molecule has 2 heterocycles.